The van der Waals surface area contributed by atoms with Crippen molar-refractivity contribution in [2.24, 2.45) is 0 Å². The van der Waals surface area contributed by atoms with Gasteiger partial charge >= 0.3 is 0 Å². The minimum absolute atomic E-state index is 0.00282. The van der Waals surface area contributed by atoms with Crippen LogP contribution in [0.15, 0.2) is 84.9 Å². The summed E-state index contributed by atoms with van der Waals surface area (Å²) in [5.41, 5.74) is 3.77. The molecule has 0 amide bonds. The van der Waals surface area contributed by atoms with Crippen LogP contribution < -0.4 is 4.74 Å². The molecule has 0 bridgehead atoms. The van der Waals surface area contributed by atoms with Gasteiger partial charge in [-0.15, -0.1) is 0 Å². The molecule has 0 aromatic heterocycles. The molecule has 0 radical (unpaired) electrons. The molecule has 3 aromatic carbocycles. The number of hydrogen-bond acceptors (Lipinski definition) is 2. The molecule has 3 heteroatoms. The van der Waals surface area contributed by atoms with Gasteiger partial charge < -0.3 is 4.74 Å². The molecule has 156 valence electrons. The lowest BCUT2D eigenvalue weighted by Crippen LogP contribution is -2.27. The lowest BCUT2D eigenvalue weighted by Gasteiger charge is -2.30. The summed E-state index contributed by atoms with van der Waals surface area (Å²) in [5, 5.41) is 3.56. The van der Waals surface area contributed by atoms with Crippen molar-refractivity contribution in [3.05, 3.63) is 102 Å². The average molecular weight is 418 g/mol. The number of ether oxygens (including phenoxy) is 1. The van der Waals surface area contributed by atoms with Gasteiger partial charge in [0.1, 0.15) is 5.75 Å². The van der Waals surface area contributed by atoms with Crippen LogP contribution in [0.3, 0.4) is 0 Å². The zero-order valence-electron chi connectivity index (χ0n) is 18.3. The van der Waals surface area contributed by atoms with Crippen LogP contribution in [0.1, 0.15) is 22.7 Å². The molecule has 0 saturated heterocycles. The lowest BCUT2D eigenvalue weighted by atomic mass is 10.0. The molecule has 0 N–H and O–H groups in total. The van der Waals surface area contributed by atoms with Gasteiger partial charge in [0.05, 0.1) is 13.2 Å². The number of methoxy groups -OCH3 is 1. The summed E-state index contributed by atoms with van der Waals surface area (Å²) in [6.45, 7) is 1.67. The molecule has 2 nitrogen and oxygen atoms in total. The van der Waals surface area contributed by atoms with Crippen LogP contribution in [0.2, 0.25) is 0 Å². The van der Waals surface area contributed by atoms with Gasteiger partial charge in [-0.25, -0.2) is 0 Å². The second kappa shape index (κ2) is 10.4. The zero-order chi connectivity index (χ0) is 21.4. The molecular weight excluding hydrogens is 386 g/mol. The van der Waals surface area contributed by atoms with Crippen LogP contribution in [0, 0.1) is 11.2 Å². The largest absolute Gasteiger partial charge is 0.497 e. The van der Waals surface area contributed by atoms with Crippen LogP contribution in [0.5, 0.6) is 5.75 Å². The molecule has 0 spiro atoms. The Balaban J connectivity index is 2.01. The van der Waals surface area contributed by atoms with Crippen molar-refractivity contribution in [2.45, 2.75) is 19.1 Å². The summed E-state index contributed by atoms with van der Waals surface area (Å²) in [6, 6.07) is 29.6. The summed E-state index contributed by atoms with van der Waals surface area (Å²) >= 11 is 0. The van der Waals surface area contributed by atoms with Gasteiger partial charge in [0.15, 0.2) is 0 Å². The number of hydrogen-bond donors (Lipinski definition) is 0. The maximum atomic E-state index is 5.37. The van der Waals surface area contributed by atoms with Gasteiger partial charge in [0.25, 0.3) is 0 Å². The standard InChI is InChI=1S/C27H31NOS/c1-29-26-17-15-25(16-18-26)27(19-20-30(2,3)4)28(21-23-11-7-5-8-12-23)22-24-13-9-6-10-14-24/h5-18,27H,21-22H2,1-4H3/t27-/m0/s1. The summed E-state index contributed by atoms with van der Waals surface area (Å²) in [5.74, 6) is 4.49. The van der Waals surface area contributed by atoms with E-state index in [1.807, 2.05) is 12.1 Å². The number of rotatable bonds is 7. The zero-order valence-corrected chi connectivity index (χ0v) is 19.2. The van der Waals surface area contributed by atoms with E-state index < -0.39 is 10.0 Å². The van der Waals surface area contributed by atoms with E-state index in [4.69, 9.17) is 4.74 Å². The molecule has 0 saturated carbocycles. The quantitative estimate of drug-likeness (QED) is 0.431. The molecule has 0 unspecified atom stereocenters. The first-order chi connectivity index (χ1) is 14.4. The summed E-state index contributed by atoms with van der Waals surface area (Å²) in [7, 11) is 0.769. The fraction of sp³-hybridized carbons (Fsp3) is 0.259. The maximum absolute atomic E-state index is 5.37. The molecule has 0 aliphatic heterocycles. The fourth-order valence-electron chi connectivity index (χ4n) is 3.28. The van der Waals surface area contributed by atoms with Gasteiger partial charge in [-0.05, 0) is 47.6 Å². The molecule has 3 aromatic rings. The number of benzene rings is 3. The fourth-order valence-corrected chi connectivity index (χ4v) is 3.74. The van der Waals surface area contributed by atoms with Crippen molar-refractivity contribution >= 4 is 10.0 Å². The average Bonchev–Trinajstić information content (AvgIpc) is 2.75. The molecule has 0 fully saturated rings. The van der Waals surface area contributed by atoms with Gasteiger partial charge in [-0.1, -0.05) is 84.0 Å². The molecular formula is C27H31NOS. The molecule has 30 heavy (non-hydrogen) atoms. The molecule has 1 atom stereocenters. The Morgan fingerprint density at radius 1 is 0.767 bits per heavy atom. The number of nitrogens with zero attached hydrogens (tertiary/aromatic N) is 1. The van der Waals surface area contributed by atoms with E-state index in [2.05, 4.69) is 108 Å². The van der Waals surface area contributed by atoms with E-state index in [9.17, 15) is 0 Å². The minimum atomic E-state index is -0.932. The Hall–Kier alpha value is -2.67. The van der Waals surface area contributed by atoms with E-state index >= 15 is 0 Å². The van der Waals surface area contributed by atoms with Crippen LogP contribution in [-0.2, 0) is 13.1 Å². The third-order valence-electron chi connectivity index (χ3n) is 4.76. The van der Waals surface area contributed by atoms with Crippen molar-refractivity contribution in [2.75, 3.05) is 25.9 Å². The van der Waals surface area contributed by atoms with E-state index in [0.717, 1.165) is 18.8 Å². The second-order valence-corrected chi connectivity index (χ2v) is 12.0. The Bertz CT molecular complexity index is 925. The van der Waals surface area contributed by atoms with Crippen molar-refractivity contribution in [1.29, 1.82) is 0 Å². The Morgan fingerprint density at radius 2 is 1.27 bits per heavy atom. The van der Waals surface area contributed by atoms with Crippen molar-refractivity contribution < 1.29 is 4.74 Å². The van der Waals surface area contributed by atoms with Gasteiger partial charge in [-0.2, -0.15) is 10.0 Å². The predicted octanol–water partition coefficient (Wildman–Crippen LogP) is 6.09. The highest BCUT2D eigenvalue weighted by Crippen LogP contribution is 2.34. The molecule has 0 heterocycles. The van der Waals surface area contributed by atoms with Crippen molar-refractivity contribution in [3.8, 4) is 16.9 Å². The van der Waals surface area contributed by atoms with Gasteiger partial charge in [0, 0.05) is 13.1 Å². The van der Waals surface area contributed by atoms with Crippen LogP contribution in [0.25, 0.3) is 0 Å². The Morgan fingerprint density at radius 3 is 1.70 bits per heavy atom. The highest BCUT2D eigenvalue weighted by Gasteiger charge is 2.20. The first-order valence-electron chi connectivity index (χ1n) is 10.1. The van der Waals surface area contributed by atoms with E-state index in [0.29, 0.717) is 0 Å². The monoisotopic (exact) mass is 417 g/mol. The lowest BCUT2D eigenvalue weighted by molar-refractivity contribution is 0.219. The SMILES string of the molecule is COc1ccc([C@H](C#CS(C)(C)C)N(Cc2ccccc2)Cc2ccccc2)cc1. The van der Waals surface area contributed by atoms with Gasteiger partial charge in [0.2, 0.25) is 0 Å². The van der Waals surface area contributed by atoms with Crippen molar-refractivity contribution in [3.63, 3.8) is 0 Å². The molecule has 3 rings (SSSR count). The van der Waals surface area contributed by atoms with E-state index in [1.54, 1.807) is 7.11 Å². The first kappa shape index (κ1) is 22.0. The molecule has 0 aliphatic rings. The highest BCUT2D eigenvalue weighted by molar-refractivity contribution is 8.35. The summed E-state index contributed by atoms with van der Waals surface area (Å²) in [6.07, 6.45) is 6.72. The van der Waals surface area contributed by atoms with Crippen molar-refractivity contribution in [1.82, 2.24) is 4.90 Å². The van der Waals surface area contributed by atoms with Crippen LogP contribution in [0.4, 0.5) is 0 Å². The Labute approximate surface area is 183 Å². The summed E-state index contributed by atoms with van der Waals surface area (Å²) in [4.78, 5) is 2.46. The third-order valence-corrected chi connectivity index (χ3v) is 5.49. The highest BCUT2D eigenvalue weighted by atomic mass is 32.3. The second-order valence-electron chi connectivity index (χ2n) is 8.14. The van der Waals surface area contributed by atoms with Crippen LogP contribution >= 0.6 is 10.0 Å². The third kappa shape index (κ3) is 6.69. The predicted molar refractivity (Wildman–Crippen MR) is 131 cm³/mol. The first-order valence-corrected chi connectivity index (χ1v) is 13.0. The molecule has 0 aliphatic carbocycles. The van der Waals surface area contributed by atoms with Gasteiger partial charge in [-0.3, -0.25) is 4.90 Å². The maximum Gasteiger partial charge on any atom is 0.118 e. The topological polar surface area (TPSA) is 12.5 Å². The van der Waals surface area contributed by atoms with E-state index in [-0.39, 0.29) is 6.04 Å². The normalized spacial score (nSPS) is 12.7. The van der Waals surface area contributed by atoms with Crippen LogP contribution in [-0.4, -0.2) is 30.8 Å². The smallest absolute Gasteiger partial charge is 0.118 e. The summed E-state index contributed by atoms with van der Waals surface area (Å²) < 4.78 is 5.37. The Kier molecular flexibility index (Phi) is 7.63. The minimum Gasteiger partial charge on any atom is -0.497 e. The van der Waals surface area contributed by atoms with E-state index in [1.165, 1.54) is 16.7 Å².